The molecule has 0 spiro atoms. The highest BCUT2D eigenvalue weighted by Gasteiger charge is 2.45. The molecule has 4 rings (SSSR count). The van der Waals surface area contributed by atoms with Crippen molar-refractivity contribution in [2.75, 3.05) is 0 Å². The zero-order chi connectivity index (χ0) is 29.1. The van der Waals surface area contributed by atoms with Gasteiger partial charge in [-0.15, -0.1) is 0 Å². The van der Waals surface area contributed by atoms with E-state index in [1.807, 2.05) is 0 Å². The van der Waals surface area contributed by atoms with Crippen LogP contribution in [0.3, 0.4) is 0 Å². The molecule has 0 aliphatic heterocycles. The number of benzene rings is 2. The molecule has 0 unspecified atom stereocenters. The Morgan fingerprint density at radius 2 is 1.85 bits per heavy atom. The molecule has 1 saturated carbocycles. The van der Waals surface area contributed by atoms with Crippen LogP contribution < -0.4 is 15.4 Å². The molecular formula is C27H23ClF7N3O2. The van der Waals surface area contributed by atoms with Crippen molar-refractivity contribution in [1.29, 1.82) is 0 Å². The number of alkyl halides is 6. The van der Waals surface area contributed by atoms with Crippen LogP contribution in [0.4, 0.5) is 35.5 Å². The van der Waals surface area contributed by atoms with Gasteiger partial charge in [-0.05, 0) is 41.8 Å². The molecule has 0 saturated heterocycles. The van der Waals surface area contributed by atoms with Crippen molar-refractivity contribution in [2.45, 2.75) is 55.7 Å². The second kappa shape index (κ2) is 11.5. The van der Waals surface area contributed by atoms with Crippen LogP contribution in [-0.2, 0) is 12.0 Å². The fraction of sp³-hybridized carbons (Fsp3) is 0.333. The van der Waals surface area contributed by atoms with Crippen molar-refractivity contribution in [3.63, 3.8) is 0 Å². The van der Waals surface area contributed by atoms with E-state index >= 15 is 0 Å². The number of amides is 2. The summed E-state index contributed by atoms with van der Waals surface area (Å²) in [6, 6.07) is 11.7. The second-order valence-corrected chi connectivity index (χ2v) is 9.90. The number of pyridine rings is 1. The summed E-state index contributed by atoms with van der Waals surface area (Å²) in [4.78, 5) is 17.5. The third kappa shape index (κ3) is 6.96. The van der Waals surface area contributed by atoms with E-state index in [1.54, 1.807) is 30.3 Å². The smallest absolute Gasteiger partial charge is 0.428 e. The van der Waals surface area contributed by atoms with Crippen LogP contribution in [0.15, 0.2) is 66.9 Å². The van der Waals surface area contributed by atoms with Gasteiger partial charge in [0.05, 0.1) is 10.7 Å². The third-order valence-electron chi connectivity index (χ3n) is 6.41. The average molecular weight is 590 g/mol. The summed E-state index contributed by atoms with van der Waals surface area (Å²) in [6.45, 7) is 0. The average Bonchev–Trinajstić information content (AvgIpc) is 3.21. The molecule has 13 heteroatoms. The number of hydrogen-bond donors (Lipinski definition) is 2. The number of aromatic nitrogens is 1. The first-order valence-corrected chi connectivity index (χ1v) is 12.4. The van der Waals surface area contributed by atoms with Crippen LogP contribution in [0, 0.1) is 5.82 Å². The number of urea groups is 1. The van der Waals surface area contributed by atoms with E-state index in [-0.39, 0.29) is 29.1 Å². The van der Waals surface area contributed by atoms with E-state index in [4.69, 9.17) is 11.6 Å². The first-order valence-electron chi connectivity index (χ1n) is 12.1. The van der Waals surface area contributed by atoms with Crippen molar-refractivity contribution in [3.8, 4) is 5.75 Å². The molecule has 0 bridgehead atoms. The number of rotatable bonds is 9. The monoisotopic (exact) mass is 589 g/mol. The summed E-state index contributed by atoms with van der Waals surface area (Å²) >= 11 is 6.00. The number of halogens is 8. The van der Waals surface area contributed by atoms with Gasteiger partial charge in [0.1, 0.15) is 17.1 Å². The lowest BCUT2D eigenvalue weighted by Crippen LogP contribution is -2.54. The predicted molar refractivity (Wildman–Crippen MR) is 132 cm³/mol. The molecule has 1 fully saturated rings. The standard InChI is InChI=1S/C27H23ClF7N3O2/c28-18-6-7-22(36-15-18)26(13-16-4-2-1-3-5-16,38-24(39)37-20-8-9-25(32,33)14-20)17-10-19(29)12-21(11-17)40-27(34,35)23(30)31/h1-7,10-12,15,20,23H,8-9,13-14H2,(H2,37,38,39)/t20-,26+/m1/s1. The van der Waals surface area contributed by atoms with Gasteiger partial charge in [-0.25, -0.2) is 18.0 Å². The quantitative estimate of drug-likeness (QED) is 0.262. The van der Waals surface area contributed by atoms with E-state index in [0.29, 0.717) is 11.6 Å². The molecule has 1 heterocycles. The number of carbonyl (C=O) groups excluding carboxylic acids is 1. The van der Waals surface area contributed by atoms with Gasteiger partial charge in [-0.3, -0.25) is 4.98 Å². The summed E-state index contributed by atoms with van der Waals surface area (Å²) < 4.78 is 99.6. The number of hydrogen-bond acceptors (Lipinski definition) is 3. The highest BCUT2D eigenvalue weighted by Crippen LogP contribution is 2.38. The van der Waals surface area contributed by atoms with Crippen molar-refractivity contribution in [1.82, 2.24) is 15.6 Å². The minimum absolute atomic E-state index is 0.00592. The fourth-order valence-electron chi connectivity index (χ4n) is 4.61. The summed E-state index contributed by atoms with van der Waals surface area (Å²) in [7, 11) is 0. The molecule has 1 aliphatic rings. The Balaban J connectivity index is 1.84. The molecule has 0 radical (unpaired) electrons. The highest BCUT2D eigenvalue weighted by atomic mass is 35.5. The van der Waals surface area contributed by atoms with Gasteiger partial charge in [0.25, 0.3) is 0 Å². The maximum atomic E-state index is 14.8. The van der Waals surface area contributed by atoms with Crippen LogP contribution >= 0.6 is 11.6 Å². The lowest BCUT2D eigenvalue weighted by atomic mass is 9.80. The highest BCUT2D eigenvalue weighted by molar-refractivity contribution is 6.30. The van der Waals surface area contributed by atoms with Crippen molar-refractivity contribution in [2.24, 2.45) is 0 Å². The van der Waals surface area contributed by atoms with E-state index in [0.717, 1.165) is 12.1 Å². The number of carbonyl (C=O) groups is 1. The molecule has 2 amide bonds. The molecular weight excluding hydrogens is 567 g/mol. The van der Waals surface area contributed by atoms with Crippen LogP contribution in [0.2, 0.25) is 5.02 Å². The normalized spacial score (nSPS) is 18.3. The Morgan fingerprint density at radius 1 is 1.12 bits per heavy atom. The summed E-state index contributed by atoms with van der Waals surface area (Å²) in [5, 5.41) is 5.35. The Bertz CT molecular complexity index is 1330. The minimum atomic E-state index is -4.94. The van der Waals surface area contributed by atoms with Crippen LogP contribution in [0.5, 0.6) is 5.75 Å². The van der Waals surface area contributed by atoms with Gasteiger partial charge in [0.2, 0.25) is 5.92 Å². The number of ether oxygens (including phenoxy) is 1. The zero-order valence-corrected chi connectivity index (χ0v) is 21.4. The lowest BCUT2D eigenvalue weighted by molar-refractivity contribution is -0.253. The van der Waals surface area contributed by atoms with Crippen LogP contribution in [-0.4, -0.2) is 35.5 Å². The van der Waals surface area contributed by atoms with Crippen LogP contribution in [0.1, 0.15) is 36.1 Å². The molecule has 214 valence electrons. The fourth-order valence-corrected chi connectivity index (χ4v) is 4.72. The van der Waals surface area contributed by atoms with Gasteiger partial charge >= 0.3 is 18.6 Å². The van der Waals surface area contributed by atoms with E-state index < -0.39 is 60.5 Å². The molecule has 2 N–H and O–H groups in total. The first kappa shape index (κ1) is 29.4. The maximum absolute atomic E-state index is 14.8. The topological polar surface area (TPSA) is 63.2 Å². The Labute approximate surface area is 229 Å². The van der Waals surface area contributed by atoms with Gasteiger partial charge in [-0.1, -0.05) is 41.9 Å². The SMILES string of the molecule is O=C(N[C@@H]1CCC(F)(F)C1)N[C@@](Cc1ccccc1)(c1cc(F)cc(OC(F)(F)C(F)F)c1)c1ccc(Cl)cn1. The van der Waals surface area contributed by atoms with E-state index in [1.165, 1.54) is 18.3 Å². The Morgan fingerprint density at radius 3 is 2.45 bits per heavy atom. The molecule has 2 aromatic carbocycles. The van der Waals surface area contributed by atoms with E-state index in [9.17, 15) is 35.5 Å². The largest absolute Gasteiger partial charge is 0.461 e. The molecule has 1 aliphatic carbocycles. The summed E-state index contributed by atoms with van der Waals surface area (Å²) in [6.07, 6.45) is -9.07. The number of nitrogens with zero attached hydrogens (tertiary/aromatic N) is 1. The maximum Gasteiger partial charge on any atom is 0.461 e. The van der Waals surface area contributed by atoms with E-state index in [2.05, 4.69) is 20.4 Å². The summed E-state index contributed by atoms with van der Waals surface area (Å²) in [5.74, 6) is -5.03. The molecule has 5 nitrogen and oxygen atoms in total. The predicted octanol–water partition coefficient (Wildman–Crippen LogP) is 7.08. The minimum Gasteiger partial charge on any atom is -0.428 e. The van der Waals surface area contributed by atoms with Crippen molar-refractivity contribution in [3.05, 3.63) is 94.5 Å². The molecule has 3 aromatic rings. The van der Waals surface area contributed by atoms with Crippen molar-refractivity contribution < 1.29 is 40.3 Å². The van der Waals surface area contributed by atoms with Gasteiger partial charge in [0.15, 0.2) is 0 Å². The van der Waals surface area contributed by atoms with Gasteiger partial charge in [0, 0.05) is 37.6 Å². The lowest BCUT2D eigenvalue weighted by Gasteiger charge is -2.36. The van der Waals surface area contributed by atoms with Crippen molar-refractivity contribution >= 4 is 17.6 Å². The molecule has 40 heavy (non-hydrogen) atoms. The van der Waals surface area contributed by atoms with Gasteiger partial charge < -0.3 is 15.4 Å². The second-order valence-electron chi connectivity index (χ2n) is 9.46. The van der Waals surface area contributed by atoms with Crippen LogP contribution in [0.25, 0.3) is 0 Å². The number of nitrogens with one attached hydrogen (secondary N) is 2. The molecule has 2 atom stereocenters. The molecule has 1 aromatic heterocycles. The third-order valence-corrected chi connectivity index (χ3v) is 6.64. The summed E-state index contributed by atoms with van der Waals surface area (Å²) in [5.41, 5.74) is -1.41. The zero-order valence-electron chi connectivity index (χ0n) is 20.6. The Hall–Kier alpha value is -3.54. The first-order chi connectivity index (χ1) is 18.8. The van der Waals surface area contributed by atoms with Gasteiger partial charge in [-0.2, -0.15) is 17.6 Å². The Kier molecular flexibility index (Phi) is 8.48.